The van der Waals surface area contributed by atoms with Crippen LogP contribution in [0.15, 0.2) is 29.8 Å². The van der Waals surface area contributed by atoms with E-state index < -0.39 is 17.8 Å². The average Bonchev–Trinajstić information content (AvgIpc) is 2.88. The van der Waals surface area contributed by atoms with Crippen LogP contribution in [0.2, 0.25) is 10.0 Å². The molecule has 1 aliphatic heterocycles. The molecule has 0 radical (unpaired) electrons. The SMILES string of the molecule is Cc1cc(/C=C2/C(=O)NC(=O)N(c3cccc(Cl)c3Cl)C2=O)c(C)n1C(C)C. The van der Waals surface area contributed by atoms with Gasteiger partial charge in [-0.1, -0.05) is 29.3 Å². The lowest BCUT2D eigenvalue weighted by Crippen LogP contribution is -2.54. The third-order valence-corrected chi connectivity index (χ3v) is 5.42. The Balaban J connectivity index is 2.10. The van der Waals surface area contributed by atoms with Crippen LogP contribution >= 0.6 is 23.2 Å². The Morgan fingerprint density at radius 2 is 1.79 bits per heavy atom. The Kier molecular flexibility index (Phi) is 5.37. The summed E-state index contributed by atoms with van der Waals surface area (Å²) in [6.45, 7) is 7.98. The molecule has 4 amide bonds. The van der Waals surface area contributed by atoms with Crippen LogP contribution in [0.25, 0.3) is 6.08 Å². The van der Waals surface area contributed by atoms with Crippen LogP contribution in [0, 0.1) is 13.8 Å². The molecule has 0 bridgehead atoms. The van der Waals surface area contributed by atoms with E-state index in [1.165, 1.54) is 12.1 Å². The molecule has 2 heterocycles. The van der Waals surface area contributed by atoms with Gasteiger partial charge in [-0.05, 0) is 57.5 Å². The predicted molar refractivity (Wildman–Crippen MR) is 110 cm³/mol. The normalized spacial score (nSPS) is 16.3. The average molecular weight is 420 g/mol. The van der Waals surface area contributed by atoms with Crippen molar-refractivity contribution in [2.45, 2.75) is 33.7 Å². The van der Waals surface area contributed by atoms with Crippen LogP contribution in [0.4, 0.5) is 10.5 Å². The first-order valence-electron chi connectivity index (χ1n) is 8.67. The first kappa shape index (κ1) is 20.2. The molecule has 1 aliphatic rings. The van der Waals surface area contributed by atoms with Gasteiger partial charge in [0.25, 0.3) is 11.8 Å². The minimum Gasteiger partial charge on any atom is -0.346 e. The number of nitrogens with zero attached hydrogens (tertiary/aromatic N) is 2. The first-order chi connectivity index (χ1) is 13.1. The Bertz CT molecular complexity index is 1040. The highest BCUT2D eigenvalue weighted by Gasteiger charge is 2.38. The molecule has 1 saturated heterocycles. The molecule has 0 atom stereocenters. The second-order valence-electron chi connectivity index (χ2n) is 6.82. The number of barbiturate groups is 1. The number of carbonyl (C=O) groups excluding carboxylic acids is 3. The van der Waals surface area contributed by atoms with E-state index in [4.69, 9.17) is 23.2 Å². The number of urea groups is 1. The van der Waals surface area contributed by atoms with E-state index in [1.807, 2.05) is 19.9 Å². The highest BCUT2D eigenvalue weighted by Crippen LogP contribution is 2.34. The topological polar surface area (TPSA) is 71.4 Å². The number of aromatic nitrogens is 1. The van der Waals surface area contributed by atoms with Gasteiger partial charge in [-0.2, -0.15) is 0 Å². The molecule has 0 spiro atoms. The lowest BCUT2D eigenvalue weighted by molar-refractivity contribution is -0.122. The number of benzene rings is 1. The Morgan fingerprint density at radius 3 is 2.39 bits per heavy atom. The summed E-state index contributed by atoms with van der Waals surface area (Å²) in [6, 6.07) is 5.86. The van der Waals surface area contributed by atoms with Gasteiger partial charge in [0.15, 0.2) is 0 Å². The number of amides is 4. The van der Waals surface area contributed by atoms with Crippen LogP contribution in [0.3, 0.4) is 0 Å². The molecule has 28 heavy (non-hydrogen) atoms. The van der Waals surface area contributed by atoms with Gasteiger partial charge in [0, 0.05) is 17.4 Å². The molecule has 6 nitrogen and oxygen atoms in total. The molecule has 1 aromatic carbocycles. The zero-order valence-corrected chi connectivity index (χ0v) is 17.4. The number of imide groups is 2. The van der Waals surface area contributed by atoms with E-state index in [0.29, 0.717) is 0 Å². The third-order valence-electron chi connectivity index (χ3n) is 4.61. The molecular formula is C20H19Cl2N3O3. The maximum absolute atomic E-state index is 13.0. The summed E-state index contributed by atoms with van der Waals surface area (Å²) in [5.41, 5.74) is 2.62. The van der Waals surface area contributed by atoms with Crippen molar-refractivity contribution in [3.05, 3.63) is 56.8 Å². The van der Waals surface area contributed by atoms with Gasteiger partial charge in [0.1, 0.15) is 5.57 Å². The number of carbonyl (C=O) groups is 3. The predicted octanol–water partition coefficient (Wildman–Crippen LogP) is 4.66. The maximum Gasteiger partial charge on any atom is 0.336 e. The van der Waals surface area contributed by atoms with Gasteiger partial charge < -0.3 is 4.57 Å². The zero-order valence-electron chi connectivity index (χ0n) is 15.8. The van der Waals surface area contributed by atoms with Gasteiger partial charge in [-0.25, -0.2) is 9.69 Å². The highest BCUT2D eigenvalue weighted by atomic mass is 35.5. The number of halogens is 2. The molecule has 1 N–H and O–H groups in total. The van der Waals surface area contributed by atoms with Crippen LogP contribution in [-0.4, -0.2) is 22.4 Å². The fraction of sp³-hybridized carbons (Fsp3) is 0.250. The molecule has 0 unspecified atom stereocenters. The van der Waals surface area contributed by atoms with E-state index in [0.717, 1.165) is 21.9 Å². The van der Waals surface area contributed by atoms with E-state index in [2.05, 4.69) is 23.7 Å². The standard InChI is InChI=1S/C20H19Cl2N3O3/c1-10(2)24-11(3)8-13(12(24)4)9-14-18(26)23-20(28)25(19(14)27)16-7-5-6-15(21)17(16)22/h5-10H,1-4H3,(H,23,26,28)/b14-9-. The van der Waals surface area contributed by atoms with Crippen molar-refractivity contribution >= 4 is 52.8 Å². The quantitative estimate of drug-likeness (QED) is 0.580. The van der Waals surface area contributed by atoms with E-state index >= 15 is 0 Å². The monoisotopic (exact) mass is 419 g/mol. The minimum atomic E-state index is -0.871. The summed E-state index contributed by atoms with van der Waals surface area (Å²) in [4.78, 5) is 38.5. The molecule has 1 aromatic heterocycles. The Hall–Kier alpha value is -2.57. The third kappa shape index (κ3) is 3.34. The number of anilines is 1. The lowest BCUT2D eigenvalue weighted by atomic mass is 10.1. The van der Waals surface area contributed by atoms with Crippen LogP contribution in [0.1, 0.15) is 36.8 Å². The number of hydrogen-bond donors (Lipinski definition) is 1. The molecule has 0 aliphatic carbocycles. The summed E-state index contributed by atoms with van der Waals surface area (Å²) >= 11 is 12.2. The fourth-order valence-electron chi connectivity index (χ4n) is 3.44. The number of nitrogens with one attached hydrogen (secondary N) is 1. The Labute approximate surface area is 172 Å². The van der Waals surface area contributed by atoms with E-state index in [1.54, 1.807) is 12.1 Å². The first-order valence-corrected chi connectivity index (χ1v) is 9.43. The van der Waals surface area contributed by atoms with Crippen LogP contribution in [-0.2, 0) is 9.59 Å². The van der Waals surface area contributed by atoms with Gasteiger partial charge in [0.05, 0.1) is 15.7 Å². The van der Waals surface area contributed by atoms with E-state index in [9.17, 15) is 14.4 Å². The van der Waals surface area contributed by atoms with Crippen molar-refractivity contribution in [3.63, 3.8) is 0 Å². The summed E-state index contributed by atoms with van der Waals surface area (Å²) in [5, 5.41) is 2.44. The molecule has 8 heteroatoms. The van der Waals surface area contributed by atoms with Crippen molar-refractivity contribution in [1.82, 2.24) is 9.88 Å². The molecule has 1 fully saturated rings. The van der Waals surface area contributed by atoms with Crippen molar-refractivity contribution in [3.8, 4) is 0 Å². The maximum atomic E-state index is 13.0. The second kappa shape index (κ2) is 7.45. The zero-order chi connectivity index (χ0) is 20.7. The van der Waals surface area contributed by atoms with Crippen molar-refractivity contribution in [2.75, 3.05) is 4.90 Å². The number of hydrogen-bond acceptors (Lipinski definition) is 3. The summed E-state index contributed by atoms with van der Waals surface area (Å²) < 4.78 is 2.11. The minimum absolute atomic E-state index is 0.0550. The second-order valence-corrected chi connectivity index (χ2v) is 7.61. The van der Waals surface area contributed by atoms with Crippen LogP contribution < -0.4 is 10.2 Å². The summed E-state index contributed by atoms with van der Waals surface area (Å²) in [6.07, 6.45) is 1.50. The number of rotatable bonds is 3. The van der Waals surface area contributed by atoms with Gasteiger partial charge in [-0.3, -0.25) is 14.9 Å². The molecule has 146 valence electrons. The number of aryl methyl sites for hydroxylation is 1. The van der Waals surface area contributed by atoms with Crippen molar-refractivity contribution < 1.29 is 14.4 Å². The lowest BCUT2D eigenvalue weighted by Gasteiger charge is -2.27. The smallest absolute Gasteiger partial charge is 0.336 e. The largest absolute Gasteiger partial charge is 0.346 e. The Morgan fingerprint density at radius 1 is 1.11 bits per heavy atom. The molecule has 2 aromatic rings. The molecule has 3 rings (SSSR count). The molecule has 0 saturated carbocycles. The molecular weight excluding hydrogens is 401 g/mol. The van der Waals surface area contributed by atoms with Gasteiger partial charge >= 0.3 is 6.03 Å². The fourth-order valence-corrected chi connectivity index (χ4v) is 3.82. The summed E-state index contributed by atoms with van der Waals surface area (Å²) in [5.74, 6) is -1.51. The van der Waals surface area contributed by atoms with E-state index in [-0.39, 0.29) is 27.3 Å². The van der Waals surface area contributed by atoms with Crippen molar-refractivity contribution in [1.29, 1.82) is 0 Å². The van der Waals surface area contributed by atoms with Crippen LogP contribution in [0.5, 0.6) is 0 Å². The van der Waals surface area contributed by atoms with Crippen molar-refractivity contribution in [2.24, 2.45) is 0 Å². The summed E-state index contributed by atoms with van der Waals surface area (Å²) in [7, 11) is 0. The van der Waals surface area contributed by atoms with Gasteiger partial charge in [-0.15, -0.1) is 0 Å². The van der Waals surface area contributed by atoms with Gasteiger partial charge in [0.2, 0.25) is 0 Å². The highest BCUT2D eigenvalue weighted by molar-refractivity contribution is 6.46.